The van der Waals surface area contributed by atoms with Gasteiger partial charge in [-0.15, -0.1) is 0 Å². The Morgan fingerprint density at radius 2 is 1.85 bits per heavy atom. The van der Waals surface area contributed by atoms with Gasteiger partial charge in [0.2, 0.25) is 0 Å². The molecular weight excluding hydrogens is 352 g/mol. The van der Waals surface area contributed by atoms with Crippen molar-refractivity contribution in [3.05, 3.63) is 53.6 Å². The van der Waals surface area contributed by atoms with E-state index in [1.807, 2.05) is 19.1 Å². The lowest BCUT2D eigenvalue weighted by molar-refractivity contribution is 0.0951. The lowest BCUT2D eigenvalue weighted by atomic mass is 10.2. The summed E-state index contributed by atoms with van der Waals surface area (Å²) in [7, 11) is -2.50. The van der Waals surface area contributed by atoms with Crippen LogP contribution in [0.25, 0.3) is 0 Å². The highest BCUT2D eigenvalue weighted by Gasteiger charge is 2.24. The first-order chi connectivity index (χ1) is 12.4. The summed E-state index contributed by atoms with van der Waals surface area (Å²) in [5, 5.41) is 2.84. The van der Waals surface area contributed by atoms with E-state index < -0.39 is 10.0 Å². The molecule has 7 heteroatoms. The van der Waals surface area contributed by atoms with Crippen molar-refractivity contribution in [2.75, 3.05) is 18.4 Å². The Hall–Kier alpha value is -2.54. The fourth-order valence-electron chi connectivity index (χ4n) is 2.52. The van der Waals surface area contributed by atoms with Gasteiger partial charge in [-0.2, -0.15) is 0 Å². The smallest absolute Gasteiger partial charge is 0.265 e. The molecule has 0 aromatic heterocycles. The van der Waals surface area contributed by atoms with Crippen molar-refractivity contribution in [2.45, 2.75) is 24.7 Å². The number of amides is 1. The fraction of sp³-hybridized carbons (Fsp3) is 0.316. The Labute approximate surface area is 153 Å². The van der Waals surface area contributed by atoms with Crippen molar-refractivity contribution in [1.82, 2.24) is 5.32 Å². The summed E-state index contributed by atoms with van der Waals surface area (Å²) >= 11 is 0. The Morgan fingerprint density at radius 1 is 1.15 bits per heavy atom. The normalized spacial score (nSPS) is 13.9. The predicted molar refractivity (Wildman–Crippen MR) is 100 cm³/mol. The molecule has 1 aliphatic rings. The standard InChI is InChI=1S/C19H22N2O4S/c1-13-3-8-16(9-4-13)21-26(23,24)18-11-15(7-10-17(18)25-2)19(22)20-12-14-5-6-14/h3-4,7-11,14,21H,5-6,12H2,1-2H3,(H,20,22). The number of hydrogen-bond acceptors (Lipinski definition) is 4. The fourth-order valence-corrected chi connectivity index (χ4v) is 3.78. The molecule has 0 bridgehead atoms. The Kier molecular flexibility index (Phi) is 5.18. The van der Waals surface area contributed by atoms with Gasteiger partial charge >= 0.3 is 0 Å². The highest BCUT2D eigenvalue weighted by Crippen LogP contribution is 2.29. The lowest BCUT2D eigenvalue weighted by Gasteiger charge is -2.13. The van der Waals surface area contributed by atoms with Crippen LogP contribution in [0.5, 0.6) is 5.75 Å². The first-order valence-electron chi connectivity index (χ1n) is 8.45. The van der Waals surface area contributed by atoms with Crippen LogP contribution in [-0.2, 0) is 10.0 Å². The van der Waals surface area contributed by atoms with E-state index in [4.69, 9.17) is 4.74 Å². The second-order valence-corrected chi connectivity index (χ2v) is 8.14. The van der Waals surface area contributed by atoms with Crippen LogP contribution in [0, 0.1) is 12.8 Å². The van der Waals surface area contributed by atoms with Gasteiger partial charge in [-0.25, -0.2) is 8.42 Å². The van der Waals surface area contributed by atoms with Gasteiger partial charge in [-0.3, -0.25) is 9.52 Å². The van der Waals surface area contributed by atoms with E-state index in [1.165, 1.54) is 19.2 Å². The second kappa shape index (κ2) is 7.37. The molecule has 6 nitrogen and oxygen atoms in total. The van der Waals surface area contributed by atoms with E-state index in [0.717, 1.165) is 18.4 Å². The minimum Gasteiger partial charge on any atom is -0.495 e. The van der Waals surface area contributed by atoms with Gasteiger partial charge in [0.25, 0.3) is 15.9 Å². The summed E-state index contributed by atoms with van der Waals surface area (Å²) in [6, 6.07) is 11.4. The number of carbonyl (C=O) groups excluding carboxylic acids is 1. The van der Waals surface area contributed by atoms with Gasteiger partial charge in [-0.05, 0) is 56.0 Å². The number of sulfonamides is 1. The molecule has 0 saturated heterocycles. The molecular formula is C19H22N2O4S. The highest BCUT2D eigenvalue weighted by molar-refractivity contribution is 7.92. The van der Waals surface area contributed by atoms with Crippen LogP contribution in [0.2, 0.25) is 0 Å². The van der Waals surface area contributed by atoms with Crippen LogP contribution in [0.3, 0.4) is 0 Å². The maximum Gasteiger partial charge on any atom is 0.265 e. The minimum atomic E-state index is -3.90. The first kappa shape index (κ1) is 18.3. The first-order valence-corrected chi connectivity index (χ1v) is 9.93. The van der Waals surface area contributed by atoms with Gasteiger partial charge in [0, 0.05) is 17.8 Å². The van der Waals surface area contributed by atoms with Gasteiger partial charge < -0.3 is 10.1 Å². The maximum absolute atomic E-state index is 12.8. The minimum absolute atomic E-state index is 0.0698. The molecule has 138 valence electrons. The van der Waals surface area contributed by atoms with Crippen LogP contribution < -0.4 is 14.8 Å². The topological polar surface area (TPSA) is 84.5 Å². The third-order valence-corrected chi connectivity index (χ3v) is 5.67. The summed E-state index contributed by atoms with van der Waals surface area (Å²) in [5.41, 5.74) is 1.76. The zero-order valence-corrected chi connectivity index (χ0v) is 15.6. The second-order valence-electron chi connectivity index (χ2n) is 6.49. The molecule has 0 aliphatic heterocycles. The van der Waals surface area contributed by atoms with Crippen LogP contribution >= 0.6 is 0 Å². The number of nitrogens with one attached hydrogen (secondary N) is 2. The van der Waals surface area contributed by atoms with Crippen molar-refractivity contribution in [1.29, 1.82) is 0 Å². The van der Waals surface area contributed by atoms with Crippen molar-refractivity contribution in [3.8, 4) is 5.75 Å². The van der Waals surface area contributed by atoms with Crippen LogP contribution in [0.4, 0.5) is 5.69 Å². The lowest BCUT2D eigenvalue weighted by Crippen LogP contribution is -2.26. The van der Waals surface area contributed by atoms with E-state index in [1.54, 1.807) is 18.2 Å². The molecule has 1 fully saturated rings. The quantitative estimate of drug-likeness (QED) is 0.780. The van der Waals surface area contributed by atoms with E-state index in [0.29, 0.717) is 18.2 Å². The van der Waals surface area contributed by atoms with Crippen LogP contribution in [-0.4, -0.2) is 28.0 Å². The van der Waals surface area contributed by atoms with Crippen molar-refractivity contribution in [2.24, 2.45) is 5.92 Å². The number of ether oxygens (including phenoxy) is 1. The molecule has 0 spiro atoms. The molecule has 2 aromatic carbocycles. The number of benzene rings is 2. The summed E-state index contributed by atoms with van der Waals surface area (Å²) in [6.07, 6.45) is 2.26. The Balaban J connectivity index is 1.86. The number of carbonyl (C=O) groups is 1. The molecule has 0 atom stereocenters. The molecule has 1 amide bonds. The van der Waals surface area contributed by atoms with Crippen molar-refractivity contribution >= 4 is 21.6 Å². The van der Waals surface area contributed by atoms with E-state index >= 15 is 0 Å². The van der Waals surface area contributed by atoms with Crippen molar-refractivity contribution in [3.63, 3.8) is 0 Å². The third kappa shape index (κ3) is 4.35. The average molecular weight is 374 g/mol. The number of aryl methyl sites for hydroxylation is 1. The molecule has 2 N–H and O–H groups in total. The third-order valence-electron chi connectivity index (χ3n) is 4.27. The van der Waals surface area contributed by atoms with E-state index in [2.05, 4.69) is 10.0 Å². The maximum atomic E-state index is 12.8. The Morgan fingerprint density at radius 3 is 2.46 bits per heavy atom. The molecule has 1 aliphatic carbocycles. The van der Waals surface area contributed by atoms with Crippen molar-refractivity contribution < 1.29 is 17.9 Å². The van der Waals surface area contributed by atoms with Crippen LogP contribution in [0.15, 0.2) is 47.4 Å². The van der Waals surface area contributed by atoms with E-state index in [-0.39, 0.29) is 22.1 Å². The zero-order valence-electron chi connectivity index (χ0n) is 14.8. The number of anilines is 1. The van der Waals surface area contributed by atoms with E-state index in [9.17, 15) is 13.2 Å². The largest absolute Gasteiger partial charge is 0.495 e. The van der Waals surface area contributed by atoms with Gasteiger partial charge in [0.1, 0.15) is 10.6 Å². The van der Waals surface area contributed by atoms with Gasteiger partial charge in [0.05, 0.1) is 7.11 Å². The van der Waals surface area contributed by atoms with Gasteiger partial charge in [-0.1, -0.05) is 17.7 Å². The Bertz CT molecular complexity index is 904. The summed E-state index contributed by atoms with van der Waals surface area (Å²) < 4.78 is 33.3. The highest BCUT2D eigenvalue weighted by atomic mass is 32.2. The summed E-state index contributed by atoms with van der Waals surface area (Å²) in [4.78, 5) is 12.2. The number of hydrogen-bond donors (Lipinski definition) is 2. The van der Waals surface area contributed by atoms with Crippen LogP contribution in [0.1, 0.15) is 28.8 Å². The summed E-state index contributed by atoms with van der Waals surface area (Å²) in [5.74, 6) is 0.443. The zero-order chi connectivity index (χ0) is 18.7. The number of rotatable bonds is 7. The summed E-state index contributed by atoms with van der Waals surface area (Å²) in [6.45, 7) is 2.54. The predicted octanol–water partition coefficient (Wildman–Crippen LogP) is 2.94. The molecule has 0 radical (unpaired) electrons. The average Bonchev–Trinajstić information content (AvgIpc) is 3.45. The molecule has 3 rings (SSSR count). The molecule has 2 aromatic rings. The molecule has 0 unspecified atom stereocenters. The molecule has 26 heavy (non-hydrogen) atoms. The number of methoxy groups -OCH3 is 1. The van der Waals surface area contributed by atoms with Gasteiger partial charge in [0.15, 0.2) is 0 Å². The SMILES string of the molecule is COc1ccc(C(=O)NCC2CC2)cc1S(=O)(=O)Nc1ccc(C)cc1. The molecule has 0 heterocycles. The monoisotopic (exact) mass is 374 g/mol. The molecule has 1 saturated carbocycles.